The number of carbonyl (C=O) groups is 1. The summed E-state index contributed by atoms with van der Waals surface area (Å²) in [6, 6.07) is 18.7. The summed E-state index contributed by atoms with van der Waals surface area (Å²) in [5, 5.41) is 6.68. The topological polar surface area (TPSA) is 66.9 Å². The van der Waals surface area contributed by atoms with E-state index in [9.17, 15) is 4.79 Å². The number of benzene rings is 2. The Morgan fingerprint density at radius 1 is 1.07 bits per heavy atom. The van der Waals surface area contributed by atoms with Gasteiger partial charge in [0.1, 0.15) is 11.5 Å². The fourth-order valence-corrected chi connectivity index (χ4v) is 2.55. The van der Waals surface area contributed by atoms with Crippen LogP contribution in [-0.2, 0) is 6.54 Å². The van der Waals surface area contributed by atoms with Gasteiger partial charge in [-0.1, -0.05) is 60.1 Å². The minimum absolute atomic E-state index is 0.274. The molecule has 27 heavy (non-hydrogen) atoms. The highest BCUT2D eigenvalue weighted by Gasteiger charge is 2.12. The van der Waals surface area contributed by atoms with Gasteiger partial charge in [0.2, 0.25) is 0 Å². The molecule has 0 aliphatic rings. The number of rotatable bonds is 7. The summed E-state index contributed by atoms with van der Waals surface area (Å²) in [6.07, 6.45) is 1.62. The van der Waals surface area contributed by atoms with E-state index >= 15 is 0 Å². The fraction of sp³-hybridized carbons (Fsp3) is 0.0952. The maximum absolute atomic E-state index is 12.4. The second kappa shape index (κ2) is 8.96. The Kier molecular flexibility index (Phi) is 6.18. The molecular formula is C21H19ClN4O. The van der Waals surface area contributed by atoms with E-state index < -0.39 is 0 Å². The number of hydrogen-bond acceptors (Lipinski definition) is 4. The summed E-state index contributed by atoms with van der Waals surface area (Å²) in [5.74, 6) is 0.784. The molecule has 1 heterocycles. The van der Waals surface area contributed by atoms with Crippen LogP contribution in [0.5, 0.6) is 0 Å². The van der Waals surface area contributed by atoms with E-state index in [-0.39, 0.29) is 5.91 Å². The summed E-state index contributed by atoms with van der Waals surface area (Å²) >= 11 is 5.92. The van der Waals surface area contributed by atoms with Gasteiger partial charge in [-0.05, 0) is 17.7 Å². The lowest BCUT2D eigenvalue weighted by Crippen LogP contribution is -2.24. The number of anilines is 1. The number of amides is 1. The SMILES string of the molecule is C=CCNC(=O)c1cc(NCc2ccc(Cl)cc2)nc(-c2ccccc2)n1. The van der Waals surface area contributed by atoms with Gasteiger partial charge < -0.3 is 10.6 Å². The molecule has 1 aromatic heterocycles. The van der Waals surface area contributed by atoms with E-state index in [4.69, 9.17) is 11.6 Å². The predicted molar refractivity (Wildman–Crippen MR) is 109 cm³/mol. The van der Waals surface area contributed by atoms with E-state index in [1.807, 2.05) is 54.6 Å². The number of nitrogens with one attached hydrogen (secondary N) is 2. The molecule has 0 aliphatic carbocycles. The van der Waals surface area contributed by atoms with Crippen molar-refractivity contribution in [3.8, 4) is 11.4 Å². The Bertz CT molecular complexity index is 927. The molecular weight excluding hydrogens is 360 g/mol. The van der Waals surface area contributed by atoms with Gasteiger partial charge in [0.25, 0.3) is 5.91 Å². The minimum atomic E-state index is -0.274. The highest BCUT2D eigenvalue weighted by atomic mass is 35.5. The monoisotopic (exact) mass is 378 g/mol. The first-order valence-electron chi connectivity index (χ1n) is 8.47. The Morgan fingerprint density at radius 2 is 1.81 bits per heavy atom. The van der Waals surface area contributed by atoms with Crippen molar-refractivity contribution in [2.75, 3.05) is 11.9 Å². The minimum Gasteiger partial charge on any atom is -0.366 e. The largest absolute Gasteiger partial charge is 0.366 e. The molecule has 0 spiro atoms. The normalized spacial score (nSPS) is 10.3. The van der Waals surface area contributed by atoms with E-state index in [1.165, 1.54) is 0 Å². The summed E-state index contributed by atoms with van der Waals surface area (Å²) in [6.45, 7) is 4.53. The van der Waals surface area contributed by atoms with Gasteiger partial charge in [-0.3, -0.25) is 4.79 Å². The maximum atomic E-state index is 12.4. The van der Waals surface area contributed by atoms with Crippen molar-refractivity contribution < 1.29 is 4.79 Å². The molecule has 3 rings (SSSR count). The summed E-state index contributed by atoms with van der Waals surface area (Å²) in [5.41, 5.74) is 2.19. The predicted octanol–water partition coefficient (Wildman–Crippen LogP) is 4.32. The van der Waals surface area contributed by atoms with Gasteiger partial charge >= 0.3 is 0 Å². The van der Waals surface area contributed by atoms with Crippen LogP contribution in [0.2, 0.25) is 5.02 Å². The van der Waals surface area contributed by atoms with Gasteiger partial charge in [0, 0.05) is 29.7 Å². The highest BCUT2D eigenvalue weighted by molar-refractivity contribution is 6.30. The van der Waals surface area contributed by atoms with Crippen molar-refractivity contribution in [3.63, 3.8) is 0 Å². The van der Waals surface area contributed by atoms with Crippen LogP contribution in [0.15, 0.2) is 73.3 Å². The third-order valence-corrected chi connectivity index (χ3v) is 4.04. The molecule has 0 radical (unpaired) electrons. The number of halogens is 1. The average molecular weight is 379 g/mol. The van der Waals surface area contributed by atoms with E-state index in [0.717, 1.165) is 11.1 Å². The maximum Gasteiger partial charge on any atom is 0.270 e. The van der Waals surface area contributed by atoms with E-state index in [0.29, 0.717) is 35.4 Å². The molecule has 3 aromatic rings. The smallest absolute Gasteiger partial charge is 0.270 e. The molecule has 0 saturated heterocycles. The first-order valence-corrected chi connectivity index (χ1v) is 8.85. The first kappa shape index (κ1) is 18.6. The summed E-state index contributed by atoms with van der Waals surface area (Å²) in [4.78, 5) is 21.3. The van der Waals surface area contributed by atoms with Crippen molar-refractivity contribution in [2.24, 2.45) is 0 Å². The molecule has 0 fully saturated rings. The lowest BCUT2D eigenvalue weighted by molar-refractivity contribution is 0.0953. The third kappa shape index (κ3) is 5.15. The lowest BCUT2D eigenvalue weighted by Gasteiger charge is -2.10. The molecule has 2 N–H and O–H groups in total. The van der Waals surface area contributed by atoms with Gasteiger partial charge in [-0.15, -0.1) is 6.58 Å². The molecule has 0 atom stereocenters. The quantitative estimate of drug-likeness (QED) is 0.601. The molecule has 0 aliphatic heterocycles. The van der Waals surface area contributed by atoms with Gasteiger partial charge in [0.15, 0.2) is 5.82 Å². The zero-order chi connectivity index (χ0) is 19.1. The summed E-state index contributed by atoms with van der Waals surface area (Å²) in [7, 11) is 0. The van der Waals surface area contributed by atoms with Crippen LogP contribution in [0, 0.1) is 0 Å². The third-order valence-electron chi connectivity index (χ3n) is 3.78. The number of carbonyl (C=O) groups excluding carboxylic acids is 1. The standard InChI is InChI=1S/C21H19ClN4O/c1-2-12-23-21(27)18-13-19(24-14-15-8-10-17(22)11-9-15)26-20(25-18)16-6-4-3-5-7-16/h2-11,13H,1,12,14H2,(H,23,27)(H,24,25,26). The van der Waals surface area contributed by atoms with Crippen LogP contribution in [0.25, 0.3) is 11.4 Å². The molecule has 1 amide bonds. The molecule has 0 unspecified atom stereocenters. The number of hydrogen-bond donors (Lipinski definition) is 2. The second-order valence-corrected chi connectivity index (χ2v) is 6.24. The average Bonchev–Trinajstić information content (AvgIpc) is 2.72. The van der Waals surface area contributed by atoms with Gasteiger partial charge in [-0.2, -0.15) is 0 Å². The van der Waals surface area contributed by atoms with Crippen LogP contribution >= 0.6 is 11.6 Å². The van der Waals surface area contributed by atoms with Crippen molar-refractivity contribution in [1.82, 2.24) is 15.3 Å². The zero-order valence-electron chi connectivity index (χ0n) is 14.7. The van der Waals surface area contributed by atoms with Crippen LogP contribution in [0.1, 0.15) is 16.1 Å². The molecule has 0 bridgehead atoms. The molecule has 5 nitrogen and oxygen atoms in total. The Hall–Kier alpha value is -3.18. The van der Waals surface area contributed by atoms with Crippen LogP contribution in [0.4, 0.5) is 5.82 Å². The van der Waals surface area contributed by atoms with Gasteiger partial charge in [0.05, 0.1) is 0 Å². The molecule has 2 aromatic carbocycles. The molecule has 136 valence electrons. The lowest BCUT2D eigenvalue weighted by atomic mass is 10.2. The van der Waals surface area contributed by atoms with E-state index in [1.54, 1.807) is 12.1 Å². The zero-order valence-corrected chi connectivity index (χ0v) is 15.4. The summed E-state index contributed by atoms with van der Waals surface area (Å²) < 4.78 is 0. The first-order chi connectivity index (χ1) is 13.2. The Balaban J connectivity index is 1.88. The second-order valence-electron chi connectivity index (χ2n) is 5.81. The van der Waals surface area contributed by atoms with Crippen LogP contribution in [-0.4, -0.2) is 22.4 Å². The Labute approximate surface area is 163 Å². The highest BCUT2D eigenvalue weighted by Crippen LogP contribution is 2.19. The number of nitrogens with zero attached hydrogens (tertiary/aromatic N) is 2. The Morgan fingerprint density at radius 3 is 2.52 bits per heavy atom. The molecule has 0 saturated carbocycles. The van der Waals surface area contributed by atoms with Crippen LogP contribution < -0.4 is 10.6 Å². The molecule has 6 heteroatoms. The van der Waals surface area contributed by atoms with E-state index in [2.05, 4.69) is 27.2 Å². The van der Waals surface area contributed by atoms with Crippen molar-refractivity contribution in [1.29, 1.82) is 0 Å². The van der Waals surface area contributed by atoms with Crippen molar-refractivity contribution in [2.45, 2.75) is 6.54 Å². The van der Waals surface area contributed by atoms with Crippen molar-refractivity contribution >= 4 is 23.3 Å². The van der Waals surface area contributed by atoms with Gasteiger partial charge in [-0.25, -0.2) is 9.97 Å². The number of aromatic nitrogens is 2. The van der Waals surface area contributed by atoms with Crippen molar-refractivity contribution in [3.05, 3.63) is 89.6 Å². The van der Waals surface area contributed by atoms with Crippen LogP contribution in [0.3, 0.4) is 0 Å². The fourth-order valence-electron chi connectivity index (χ4n) is 2.42.